The Morgan fingerprint density at radius 3 is 2.02 bits per heavy atom. The fourth-order valence-corrected chi connectivity index (χ4v) is 5.08. The first-order chi connectivity index (χ1) is 20.3. The quantitative estimate of drug-likeness (QED) is 0.0961. The summed E-state index contributed by atoms with van der Waals surface area (Å²) in [6.07, 6.45) is 0.443. The van der Waals surface area contributed by atoms with E-state index < -0.39 is 33.4 Å². The van der Waals surface area contributed by atoms with Crippen molar-refractivity contribution in [1.82, 2.24) is 25.6 Å². The zero-order chi connectivity index (χ0) is 33.3. The molecule has 44 heavy (non-hydrogen) atoms. The number of hydrogen-bond acceptors (Lipinski definition) is 10. The maximum absolute atomic E-state index is 12.9. The summed E-state index contributed by atoms with van der Waals surface area (Å²) in [6.45, 7) is 13.5. The van der Waals surface area contributed by atoms with E-state index in [2.05, 4.69) is 48.4 Å². The van der Waals surface area contributed by atoms with Gasteiger partial charge in [0.25, 0.3) is 16.0 Å². The molecule has 0 fully saturated rings. The molecule has 244 valence electrons. The molecule has 0 saturated heterocycles. The minimum atomic E-state index is -3.81. The zero-order valence-electron chi connectivity index (χ0n) is 26.2. The Balaban J connectivity index is 1.97. The highest BCUT2D eigenvalue weighted by Gasteiger charge is 2.24. The van der Waals surface area contributed by atoms with E-state index in [4.69, 9.17) is 14.3 Å². The highest BCUT2D eigenvalue weighted by molar-refractivity contribution is 14.1. The normalized spacial score (nSPS) is 13.8. The van der Waals surface area contributed by atoms with Gasteiger partial charge < -0.3 is 24.5 Å². The van der Waals surface area contributed by atoms with Gasteiger partial charge in [0.15, 0.2) is 0 Å². The van der Waals surface area contributed by atoms with E-state index in [1.807, 2.05) is 13.0 Å². The van der Waals surface area contributed by atoms with Gasteiger partial charge in [-0.25, -0.2) is 18.0 Å². The molecule has 4 N–H and O–H groups in total. The van der Waals surface area contributed by atoms with Gasteiger partial charge in [-0.3, -0.25) is 20.2 Å². The summed E-state index contributed by atoms with van der Waals surface area (Å²) in [4.78, 5) is 44.1. The van der Waals surface area contributed by atoms with Crippen LogP contribution in [-0.2, 0) is 29.1 Å². The third kappa shape index (κ3) is 13.0. The molecule has 0 aromatic heterocycles. The van der Waals surface area contributed by atoms with Gasteiger partial charge in [0.2, 0.25) is 5.91 Å². The first-order valence-electron chi connectivity index (χ1n) is 13.6. The molecular weight excluding hydrogens is 707 g/mol. The number of allylic oxidation sites excluding steroid dienone is 3. The van der Waals surface area contributed by atoms with Crippen LogP contribution in [0.4, 0.5) is 9.59 Å². The molecule has 1 aliphatic heterocycles. The molecular formula is C28H41IN6O8S. The van der Waals surface area contributed by atoms with E-state index in [1.165, 1.54) is 12.1 Å². The topological polar surface area (TPSA) is 177 Å². The number of alkyl carbamates (subject to hydrolysis) is 2. The van der Waals surface area contributed by atoms with Gasteiger partial charge in [0.1, 0.15) is 24.4 Å². The number of benzene rings is 1. The molecule has 1 aromatic rings. The van der Waals surface area contributed by atoms with Crippen LogP contribution in [0.25, 0.3) is 0 Å². The first kappa shape index (κ1) is 36.7. The van der Waals surface area contributed by atoms with Crippen LogP contribution in [0.1, 0.15) is 61.8 Å². The SMILES string of the molecule is CC1=CCC(NS(=O)(=O)c2ccc(I)cc2)=C(C)N1CC(=O)NCCON=C(NC(=O)OC(C)(C)C)NC(=O)OC(C)(C)C. The molecule has 16 heteroatoms. The van der Waals surface area contributed by atoms with Gasteiger partial charge in [-0.05, 0) is 107 Å². The van der Waals surface area contributed by atoms with Crippen molar-refractivity contribution in [2.75, 3.05) is 19.7 Å². The van der Waals surface area contributed by atoms with Crippen molar-refractivity contribution >= 4 is 56.7 Å². The Bertz CT molecular complexity index is 1380. The minimum absolute atomic E-state index is 0.0418. The average molecular weight is 749 g/mol. The Morgan fingerprint density at radius 2 is 1.50 bits per heavy atom. The Morgan fingerprint density at radius 1 is 0.955 bits per heavy atom. The number of sulfonamides is 1. The molecule has 14 nitrogen and oxygen atoms in total. The van der Waals surface area contributed by atoms with Gasteiger partial charge in [-0.2, -0.15) is 0 Å². The number of amides is 3. The number of rotatable bonds is 9. The predicted molar refractivity (Wildman–Crippen MR) is 172 cm³/mol. The van der Waals surface area contributed by atoms with Crippen LogP contribution in [0, 0.1) is 3.57 Å². The van der Waals surface area contributed by atoms with Crippen molar-refractivity contribution in [1.29, 1.82) is 0 Å². The summed E-state index contributed by atoms with van der Waals surface area (Å²) in [5.41, 5.74) is 0.256. The molecule has 1 heterocycles. The number of hydrogen-bond donors (Lipinski definition) is 4. The lowest BCUT2D eigenvalue weighted by molar-refractivity contribution is -0.121. The molecule has 0 unspecified atom stereocenters. The smallest absolute Gasteiger partial charge is 0.414 e. The molecule has 0 saturated carbocycles. The highest BCUT2D eigenvalue weighted by Crippen LogP contribution is 2.25. The van der Waals surface area contributed by atoms with Crippen molar-refractivity contribution in [3.63, 3.8) is 0 Å². The van der Waals surface area contributed by atoms with E-state index in [0.717, 1.165) is 9.27 Å². The number of oxime groups is 1. The number of ether oxygens (including phenoxy) is 2. The summed E-state index contributed by atoms with van der Waals surface area (Å²) in [5.74, 6) is -0.722. The maximum atomic E-state index is 12.9. The van der Waals surface area contributed by atoms with E-state index in [0.29, 0.717) is 17.8 Å². The fourth-order valence-electron chi connectivity index (χ4n) is 3.55. The van der Waals surface area contributed by atoms with E-state index >= 15 is 0 Å². The van der Waals surface area contributed by atoms with Crippen molar-refractivity contribution in [2.24, 2.45) is 5.16 Å². The summed E-state index contributed by atoms with van der Waals surface area (Å²) >= 11 is 2.10. The molecule has 1 aromatic carbocycles. The number of nitrogens with one attached hydrogen (secondary N) is 4. The van der Waals surface area contributed by atoms with Crippen LogP contribution in [0.5, 0.6) is 0 Å². The van der Waals surface area contributed by atoms with Crippen molar-refractivity contribution in [2.45, 2.75) is 77.9 Å². The lowest BCUT2D eigenvalue weighted by atomic mass is 10.1. The maximum Gasteiger partial charge on any atom is 0.414 e. The van der Waals surface area contributed by atoms with Gasteiger partial charge in [-0.1, -0.05) is 6.08 Å². The predicted octanol–water partition coefficient (Wildman–Crippen LogP) is 3.86. The van der Waals surface area contributed by atoms with Gasteiger partial charge in [0, 0.05) is 27.1 Å². The monoisotopic (exact) mass is 748 g/mol. The standard InChI is InChI=1S/C28H41IN6O8S/c1-18-9-14-22(34-44(39,40)21-12-10-20(29)11-13-21)19(2)35(18)17-23(36)30-15-16-41-33-24(31-25(37)42-27(3,4)5)32-26(38)43-28(6,7)8/h9-13,34H,14-17H2,1-8H3,(H,30,36)(H2,31,32,33,37,38). The number of carbonyl (C=O) groups is 3. The Labute approximate surface area is 272 Å². The van der Waals surface area contributed by atoms with Crippen LogP contribution >= 0.6 is 22.6 Å². The molecule has 1 aliphatic rings. The Kier molecular flexibility index (Phi) is 12.9. The largest absolute Gasteiger partial charge is 0.444 e. The van der Waals surface area contributed by atoms with Crippen LogP contribution in [-0.4, -0.2) is 68.3 Å². The van der Waals surface area contributed by atoms with Crippen molar-refractivity contribution in [3.05, 3.63) is 51.0 Å². The summed E-state index contributed by atoms with van der Waals surface area (Å²) in [7, 11) is -3.81. The Hall–Kier alpha value is -3.54. The molecule has 0 aliphatic carbocycles. The van der Waals surface area contributed by atoms with Gasteiger partial charge in [-0.15, -0.1) is 0 Å². The van der Waals surface area contributed by atoms with Crippen molar-refractivity contribution < 1.29 is 37.1 Å². The highest BCUT2D eigenvalue weighted by atomic mass is 127. The lowest BCUT2D eigenvalue weighted by Crippen LogP contribution is -2.47. The molecule has 0 radical (unpaired) electrons. The third-order valence-electron chi connectivity index (χ3n) is 5.46. The molecule has 0 spiro atoms. The zero-order valence-corrected chi connectivity index (χ0v) is 29.1. The number of halogens is 1. The van der Waals surface area contributed by atoms with Gasteiger partial charge in [0.05, 0.1) is 11.4 Å². The molecule has 0 bridgehead atoms. The third-order valence-corrected chi connectivity index (χ3v) is 7.59. The number of carbonyl (C=O) groups excluding carboxylic acids is 3. The second kappa shape index (κ2) is 15.5. The van der Waals surface area contributed by atoms with Crippen LogP contribution in [0.15, 0.2) is 57.5 Å². The van der Waals surface area contributed by atoms with Crippen molar-refractivity contribution in [3.8, 4) is 0 Å². The number of nitrogens with zero attached hydrogens (tertiary/aromatic N) is 2. The second-order valence-electron chi connectivity index (χ2n) is 11.6. The first-order valence-corrected chi connectivity index (χ1v) is 16.2. The summed E-state index contributed by atoms with van der Waals surface area (Å²) in [5, 5.41) is 11.0. The molecule has 0 atom stereocenters. The summed E-state index contributed by atoms with van der Waals surface area (Å²) in [6, 6.07) is 6.49. The minimum Gasteiger partial charge on any atom is -0.444 e. The molecule has 2 rings (SSSR count). The fraction of sp³-hybridized carbons (Fsp3) is 0.500. The summed E-state index contributed by atoms with van der Waals surface area (Å²) < 4.78 is 39.7. The van der Waals surface area contributed by atoms with E-state index in [9.17, 15) is 22.8 Å². The second-order valence-corrected chi connectivity index (χ2v) is 14.6. The average Bonchev–Trinajstić information content (AvgIpc) is 2.86. The number of guanidine groups is 1. The van der Waals surface area contributed by atoms with Gasteiger partial charge >= 0.3 is 12.2 Å². The van der Waals surface area contributed by atoms with E-state index in [-0.39, 0.29) is 36.5 Å². The lowest BCUT2D eigenvalue weighted by Gasteiger charge is -2.31. The van der Waals surface area contributed by atoms with Crippen LogP contribution in [0.2, 0.25) is 0 Å². The van der Waals surface area contributed by atoms with Crippen LogP contribution in [0.3, 0.4) is 0 Å². The van der Waals surface area contributed by atoms with E-state index in [1.54, 1.807) is 65.5 Å². The van der Waals surface area contributed by atoms with Crippen LogP contribution < -0.4 is 20.7 Å². The molecule has 3 amide bonds.